The van der Waals surface area contributed by atoms with Gasteiger partial charge in [0.25, 0.3) is 0 Å². The normalized spacial score (nSPS) is 11.1. The van der Waals surface area contributed by atoms with Gasteiger partial charge in [-0.3, -0.25) is 4.99 Å². The third kappa shape index (κ3) is 11.2. The molecule has 0 radical (unpaired) electrons. The Morgan fingerprint density at radius 3 is 2.82 bits per heavy atom. The summed E-state index contributed by atoms with van der Waals surface area (Å²) in [4.78, 5) is 4.59. The van der Waals surface area contributed by atoms with Crippen molar-refractivity contribution in [2.45, 2.75) is 19.3 Å². The fraction of sp³-hybridized carbons (Fsp3) is 0.667. The molecule has 0 amide bonds. The molecule has 2 N–H and O–H groups in total. The number of nitrogens with one attached hydrogen (secondary N) is 2. The predicted octanol–water partition coefficient (Wildman–Crippen LogP) is 2.76. The summed E-state index contributed by atoms with van der Waals surface area (Å²) in [5.41, 5.74) is 0. The minimum absolute atomic E-state index is 0. The highest BCUT2D eigenvalue weighted by Crippen LogP contribution is 2.00. The first kappa shape index (κ1) is 21.6. The maximum Gasteiger partial charge on any atom is 0.191 e. The minimum Gasteiger partial charge on any atom is -0.469 e. The first-order chi connectivity index (χ1) is 10.4. The Labute approximate surface area is 155 Å². The number of thioether (sulfide) groups is 1. The Morgan fingerprint density at radius 2 is 2.14 bits per heavy atom. The van der Waals surface area contributed by atoms with E-state index in [0.717, 1.165) is 44.2 Å². The van der Waals surface area contributed by atoms with Crippen LogP contribution in [-0.2, 0) is 11.2 Å². The number of guanidine groups is 1. The SMILES string of the molecule is COCCNC(=NCCCCSC)NCCc1ccco1.I. The van der Waals surface area contributed by atoms with Crippen molar-refractivity contribution in [1.29, 1.82) is 0 Å². The second-order valence-corrected chi connectivity index (χ2v) is 5.59. The molecule has 1 aromatic rings. The molecule has 5 nitrogen and oxygen atoms in total. The highest BCUT2D eigenvalue weighted by molar-refractivity contribution is 14.0. The number of furan rings is 1. The van der Waals surface area contributed by atoms with E-state index in [0.29, 0.717) is 6.61 Å². The lowest BCUT2D eigenvalue weighted by Gasteiger charge is -2.12. The lowest BCUT2D eigenvalue weighted by Crippen LogP contribution is -2.40. The van der Waals surface area contributed by atoms with Crippen LogP contribution in [-0.4, -0.2) is 51.3 Å². The average Bonchev–Trinajstić information content (AvgIpc) is 3.00. The Morgan fingerprint density at radius 1 is 1.32 bits per heavy atom. The van der Waals surface area contributed by atoms with E-state index >= 15 is 0 Å². The average molecular weight is 441 g/mol. The standard InChI is InChI=1S/C15H27N3O2S.HI/c1-19-12-10-18-15(16-8-3-4-13-21-2)17-9-7-14-6-5-11-20-14;/h5-6,11H,3-4,7-10,12-13H2,1-2H3,(H2,16,17,18);1H. The smallest absolute Gasteiger partial charge is 0.191 e. The van der Waals surface area contributed by atoms with Gasteiger partial charge in [0.15, 0.2) is 5.96 Å². The predicted molar refractivity (Wildman–Crippen MR) is 106 cm³/mol. The molecule has 22 heavy (non-hydrogen) atoms. The number of ether oxygens (including phenoxy) is 1. The molecule has 0 aromatic carbocycles. The second-order valence-electron chi connectivity index (χ2n) is 4.61. The van der Waals surface area contributed by atoms with Crippen LogP contribution >= 0.6 is 35.7 Å². The van der Waals surface area contributed by atoms with E-state index in [-0.39, 0.29) is 24.0 Å². The molecule has 1 heterocycles. The number of halogens is 1. The lowest BCUT2D eigenvalue weighted by atomic mass is 10.3. The van der Waals surface area contributed by atoms with Gasteiger partial charge in [0.05, 0.1) is 12.9 Å². The maximum atomic E-state index is 5.32. The van der Waals surface area contributed by atoms with Crippen LogP contribution in [0.5, 0.6) is 0 Å². The minimum atomic E-state index is 0. The van der Waals surface area contributed by atoms with E-state index < -0.39 is 0 Å². The largest absolute Gasteiger partial charge is 0.469 e. The van der Waals surface area contributed by atoms with Gasteiger partial charge in [-0.2, -0.15) is 11.8 Å². The summed E-state index contributed by atoms with van der Waals surface area (Å²) < 4.78 is 10.4. The number of hydrogen-bond donors (Lipinski definition) is 2. The van der Waals surface area contributed by atoms with Crippen molar-refractivity contribution < 1.29 is 9.15 Å². The Bertz CT molecular complexity index is 375. The van der Waals surface area contributed by atoms with Gasteiger partial charge in [0.2, 0.25) is 0 Å². The van der Waals surface area contributed by atoms with Crippen molar-refractivity contribution in [1.82, 2.24) is 10.6 Å². The summed E-state index contributed by atoms with van der Waals surface area (Å²) in [5.74, 6) is 3.04. The molecule has 0 aliphatic carbocycles. The van der Waals surface area contributed by atoms with Crippen LogP contribution in [0, 0.1) is 0 Å². The quantitative estimate of drug-likeness (QED) is 0.239. The number of aliphatic imine (C=N–C) groups is 1. The van der Waals surface area contributed by atoms with Crippen LogP contribution in [0.4, 0.5) is 0 Å². The summed E-state index contributed by atoms with van der Waals surface area (Å²) in [7, 11) is 1.70. The molecule has 0 spiro atoms. The molecular formula is C15H28IN3O2S. The van der Waals surface area contributed by atoms with E-state index in [9.17, 15) is 0 Å². The highest BCUT2D eigenvalue weighted by Gasteiger charge is 2.00. The Hall–Kier alpha value is -0.410. The van der Waals surface area contributed by atoms with Crippen molar-refractivity contribution in [3.05, 3.63) is 24.2 Å². The molecule has 0 unspecified atom stereocenters. The van der Waals surface area contributed by atoms with Crippen LogP contribution in [0.3, 0.4) is 0 Å². The van der Waals surface area contributed by atoms with Crippen molar-refractivity contribution >= 4 is 41.7 Å². The van der Waals surface area contributed by atoms with Crippen LogP contribution in [0.15, 0.2) is 27.8 Å². The number of nitrogens with zero attached hydrogens (tertiary/aromatic N) is 1. The molecule has 0 fully saturated rings. The number of rotatable bonds is 11. The molecule has 1 aromatic heterocycles. The van der Waals surface area contributed by atoms with Crippen LogP contribution < -0.4 is 10.6 Å². The van der Waals surface area contributed by atoms with E-state index in [1.807, 2.05) is 23.9 Å². The van der Waals surface area contributed by atoms with Gasteiger partial charge < -0.3 is 19.8 Å². The number of unbranched alkanes of at least 4 members (excludes halogenated alkanes) is 1. The van der Waals surface area contributed by atoms with Crippen LogP contribution in [0.25, 0.3) is 0 Å². The van der Waals surface area contributed by atoms with Crippen LogP contribution in [0.2, 0.25) is 0 Å². The molecule has 0 aliphatic heterocycles. The fourth-order valence-electron chi connectivity index (χ4n) is 1.75. The summed E-state index contributed by atoms with van der Waals surface area (Å²) in [6, 6.07) is 3.90. The zero-order chi connectivity index (χ0) is 15.2. The molecule has 7 heteroatoms. The molecule has 1 rings (SSSR count). The van der Waals surface area contributed by atoms with Crippen molar-refractivity contribution in [2.24, 2.45) is 4.99 Å². The molecule has 0 atom stereocenters. The Kier molecular flexibility index (Phi) is 15.2. The lowest BCUT2D eigenvalue weighted by molar-refractivity contribution is 0.203. The van der Waals surface area contributed by atoms with Gasteiger partial charge in [0.1, 0.15) is 5.76 Å². The van der Waals surface area contributed by atoms with E-state index in [2.05, 4.69) is 21.9 Å². The molecule has 0 bridgehead atoms. The van der Waals surface area contributed by atoms with Gasteiger partial charge in [-0.15, -0.1) is 24.0 Å². The molecule has 0 aliphatic rings. The Balaban J connectivity index is 0.00000441. The first-order valence-electron chi connectivity index (χ1n) is 7.39. The van der Waals surface area contributed by atoms with Gasteiger partial charge in [-0.05, 0) is 37.0 Å². The molecule has 0 saturated heterocycles. The summed E-state index contributed by atoms with van der Waals surface area (Å²) in [6.45, 7) is 3.08. The molecule has 0 saturated carbocycles. The summed E-state index contributed by atoms with van der Waals surface area (Å²) in [6.07, 6.45) is 7.02. The molecular weight excluding hydrogens is 413 g/mol. The van der Waals surface area contributed by atoms with Crippen LogP contribution in [0.1, 0.15) is 18.6 Å². The monoisotopic (exact) mass is 441 g/mol. The third-order valence-corrected chi connectivity index (χ3v) is 3.57. The van der Waals surface area contributed by atoms with E-state index in [4.69, 9.17) is 9.15 Å². The van der Waals surface area contributed by atoms with Gasteiger partial charge >= 0.3 is 0 Å². The second kappa shape index (κ2) is 15.5. The fourth-order valence-corrected chi connectivity index (χ4v) is 2.25. The van der Waals surface area contributed by atoms with E-state index in [1.54, 1.807) is 13.4 Å². The third-order valence-electron chi connectivity index (χ3n) is 2.87. The molecule has 128 valence electrons. The first-order valence-corrected chi connectivity index (χ1v) is 8.78. The zero-order valence-corrected chi connectivity index (χ0v) is 16.6. The maximum absolute atomic E-state index is 5.32. The summed E-state index contributed by atoms with van der Waals surface area (Å²) >= 11 is 1.88. The highest BCUT2D eigenvalue weighted by atomic mass is 127. The van der Waals surface area contributed by atoms with Gasteiger partial charge in [-0.25, -0.2) is 0 Å². The topological polar surface area (TPSA) is 58.8 Å². The van der Waals surface area contributed by atoms with E-state index in [1.165, 1.54) is 12.2 Å². The number of methoxy groups -OCH3 is 1. The van der Waals surface area contributed by atoms with Crippen molar-refractivity contribution in [2.75, 3.05) is 45.4 Å². The van der Waals surface area contributed by atoms with Gasteiger partial charge in [0, 0.05) is 33.2 Å². The van der Waals surface area contributed by atoms with Gasteiger partial charge in [-0.1, -0.05) is 0 Å². The van der Waals surface area contributed by atoms with Crippen molar-refractivity contribution in [3.8, 4) is 0 Å². The number of hydrogen-bond acceptors (Lipinski definition) is 4. The zero-order valence-electron chi connectivity index (χ0n) is 13.5. The van der Waals surface area contributed by atoms with Crippen molar-refractivity contribution in [3.63, 3.8) is 0 Å². The summed E-state index contributed by atoms with van der Waals surface area (Å²) in [5, 5.41) is 6.60.